The molecule has 1 saturated heterocycles. The highest BCUT2D eigenvalue weighted by Gasteiger charge is 2.24. The van der Waals surface area contributed by atoms with Crippen molar-refractivity contribution in [3.63, 3.8) is 0 Å². The molecule has 1 N–H and O–H groups in total. The Kier molecular flexibility index (Phi) is 3.56. The van der Waals surface area contributed by atoms with Gasteiger partial charge in [-0.15, -0.1) is 0 Å². The largest absolute Gasteiger partial charge is 0.348 e. The first-order valence-corrected chi connectivity index (χ1v) is 6.98. The summed E-state index contributed by atoms with van der Waals surface area (Å²) in [5.74, 6) is -1.71. The van der Waals surface area contributed by atoms with Crippen molar-refractivity contribution in [3.8, 4) is 0 Å². The lowest BCUT2D eigenvalue weighted by atomic mass is 10.2. The Bertz CT molecular complexity index is 749. The molecular weight excluding hydrogens is 292 g/mol. The van der Waals surface area contributed by atoms with Gasteiger partial charge in [-0.05, 0) is 12.1 Å². The van der Waals surface area contributed by atoms with Gasteiger partial charge in [-0.3, -0.25) is 9.59 Å². The second kappa shape index (κ2) is 5.40. The molecule has 3 rings (SSSR count). The maximum atomic E-state index is 13.7. The van der Waals surface area contributed by atoms with E-state index in [-0.39, 0.29) is 23.0 Å². The van der Waals surface area contributed by atoms with Crippen LogP contribution in [0.3, 0.4) is 0 Å². The summed E-state index contributed by atoms with van der Waals surface area (Å²) in [5, 5.41) is 0.322. The monoisotopic (exact) mass is 307 g/mol. The third-order valence-corrected chi connectivity index (χ3v) is 3.89. The molecule has 0 bridgehead atoms. The van der Waals surface area contributed by atoms with E-state index in [9.17, 15) is 18.4 Å². The topological polar surface area (TPSA) is 56.4 Å². The number of amides is 2. The molecule has 1 fully saturated rings. The van der Waals surface area contributed by atoms with Crippen LogP contribution < -0.4 is 0 Å². The number of aromatic amines is 1. The Morgan fingerprint density at radius 3 is 2.32 bits per heavy atom. The number of rotatable bonds is 1. The summed E-state index contributed by atoms with van der Waals surface area (Å²) in [6, 6.07) is 3.40. The lowest BCUT2D eigenvalue weighted by Crippen LogP contribution is -2.50. The zero-order valence-corrected chi connectivity index (χ0v) is 12.0. The Hall–Kier alpha value is -2.44. The molecule has 0 spiro atoms. The van der Waals surface area contributed by atoms with Gasteiger partial charge < -0.3 is 14.8 Å². The average molecular weight is 307 g/mol. The number of nitrogens with one attached hydrogen (secondary N) is 1. The number of benzene rings is 1. The van der Waals surface area contributed by atoms with Crippen LogP contribution in [0.15, 0.2) is 18.2 Å². The Labute approximate surface area is 125 Å². The van der Waals surface area contributed by atoms with E-state index in [1.807, 2.05) is 0 Å². The van der Waals surface area contributed by atoms with Gasteiger partial charge in [0.1, 0.15) is 17.3 Å². The maximum absolute atomic E-state index is 13.7. The summed E-state index contributed by atoms with van der Waals surface area (Å²) in [4.78, 5) is 29.7. The second-order valence-electron chi connectivity index (χ2n) is 5.33. The predicted molar refractivity (Wildman–Crippen MR) is 76.4 cm³/mol. The number of fused-ring (bicyclic) bond motifs is 1. The van der Waals surface area contributed by atoms with Gasteiger partial charge in [0.2, 0.25) is 5.91 Å². The fourth-order valence-electron chi connectivity index (χ4n) is 2.68. The van der Waals surface area contributed by atoms with Crippen LogP contribution in [0.5, 0.6) is 0 Å². The fourth-order valence-corrected chi connectivity index (χ4v) is 2.68. The minimum atomic E-state index is -0.726. The number of hydrogen-bond acceptors (Lipinski definition) is 2. The number of halogens is 2. The van der Waals surface area contributed by atoms with E-state index in [0.717, 1.165) is 6.07 Å². The van der Waals surface area contributed by atoms with Crippen molar-refractivity contribution in [1.82, 2.24) is 14.8 Å². The zero-order chi connectivity index (χ0) is 15.9. The van der Waals surface area contributed by atoms with E-state index in [0.29, 0.717) is 31.6 Å². The van der Waals surface area contributed by atoms with Gasteiger partial charge in [-0.25, -0.2) is 8.78 Å². The van der Waals surface area contributed by atoms with Crippen molar-refractivity contribution in [1.29, 1.82) is 0 Å². The van der Waals surface area contributed by atoms with E-state index >= 15 is 0 Å². The molecule has 0 unspecified atom stereocenters. The van der Waals surface area contributed by atoms with E-state index in [2.05, 4.69) is 4.98 Å². The molecule has 2 amide bonds. The van der Waals surface area contributed by atoms with Crippen LogP contribution in [-0.2, 0) is 4.79 Å². The molecule has 0 radical (unpaired) electrons. The van der Waals surface area contributed by atoms with Gasteiger partial charge in [-0.2, -0.15) is 0 Å². The van der Waals surface area contributed by atoms with Crippen LogP contribution in [0, 0.1) is 11.6 Å². The Morgan fingerprint density at radius 1 is 1.05 bits per heavy atom. The molecule has 5 nitrogen and oxygen atoms in total. The van der Waals surface area contributed by atoms with Gasteiger partial charge in [0.05, 0.1) is 5.52 Å². The summed E-state index contributed by atoms with van der Waals surface area (Å²) >= 11 is 0. The molecule has 1 aromatic carbocycles. The normalized spacial score (nSPS) is 15.4. The number of carbonyl (C=O) groups excluding carboxylic acids is 2. The minimum absolute atomic E-state index is 0.0183. The Balaban J connectivity index is 1.81. The molecule has 2 heterocycles. The fraction of sp³-hybridized carbons (Fsp3) is 0.333. The highest BCUT2D eigenvalue weighted by molar-refractivity contribution is 5.98. The van der Waals surface area contributed by atoms with Crippen LogP contribution in [0.2, 0.25) is 0 Å². The molecule has 2 aromatic rings. The summed E-state index contributed by atoms with van der Waals surface area (Å²) in [6.07, 6.45) is 0. The van der Waals surface area contributed by atoms with E-state index in [1.54, 1.807) is 9.80 Å². The highest BCUT2D eigenvalue weighted by Crippen LogP contribution is 2.21. The molecule has 1 aliphatic heterocycles. The Morgan fingerprint density at radius 2 is 1.68 bits per heavy atom. The van der Waals surface area contributed by atoms with Gasteiger partial charge in [0.25, 0.3) is 5.91 Å². The highest BCUT2D eigenvalue weighted by atomic mass is 19.1. The summed E-state index contributed by atoms with van der Waals surface area (Å²) in [7, 11) is 0. The molecule has 7 heteroatoms. The van der Waals surface area contributed by atoms with Crippen LogP contribution >= 0.6 is 0 Å². The zero-order valence-electron chi connectivity index (χ0n) is 12.0. The summed E-state index contributed by atoms with van der Waals surface area (Å²) in [5.41, 5.74) is 0.336. The van der Waals surface area contributed by atoms with Crippen molar-refractivity contribution in [3.05, 3.63) is 35.5 Å². The lowest BCUT2D eigenvalue weighted by Gasteiger charge is -2.33. The number of aromatic nitrogens is 1. The van der Waals surface area contributed by atoms with E-state index in [4.69, 9.17) is 0 Å². The standard InChI is InChI=1S/C15H15F2N3O2/c1-9(21)19-2-4-20(5-3-19)15(22)13-7-10-6-11(16)8-12(17)14(10)18-13/h6-8,18H,2-5H2,1H3. The third-order valence-electron chi connectivity index (χ3n) is 3.89. The average Bonchev–Trinajstić information content (AvgIpc) is 2.90. The lowest BCUT2D eigenvalue weighted by molar-refractivity contribution is -0.130. The molecule has 0 saturated carbocycles. The third kappa shape index (κ3) is 2.54. The molecule has 22 heavy (non-hydrogen) atoms. The first-order chi connectivity index (χ1) is 10.5. The molecule has 0 aliphatic carbocycles. The predicted octanol–water partition coefficient (Wildman–Crippen LogP) is 1.75. The van der Waals surface area contributed by atoms with E-state index < -0.39 is 11.6 Å². The van der Waals surface area contributed by atoms with Crippen LogP contribution in [-0.4, -0.2) is 52.8 Å². The van der Waals surface area contributed by atoms with Crippen LogP contribution in [0.25, 0.3) is 10.9 Å². The first kappa shape index (κ1) is 14.5. The van der Waals surface area contributed by atoms with Crippen molar-refractivity contribution < 1.29 is 18.4 Å². The smallest absolute Gasteiger partial charge is 0.270 e. The number of piperazine rings is 1. The first-order valence-electron chi connectivity index (χ1n) is 6.98. The summed E-state index contributed by atoms with van der Waals surface area (Å²) < 4.78 is 26.9. The number of hydrogen-bond donors (Lipinski definition) is 1. The van der Waals surface area contributed by atoms with Gasteiger partial charge in [0, 0.05) is 44.6 Å². The number of nitrogens with zero attached hydrogens (tertiary/aromatic N) is 2. The molecular formula is C15H15F2N3O2. The number of H-pyrrole nitrogens is 1. The van der Waals surface area contributed by atoms with Gasteiger partial charge in [-0.1, -0.05) is 0 Å². The van der Waals surface area contributed by atoms with Crippen molar-refractivity contribution in [2.24, 2.45) is 0 Å². The van der Waals surface area contributed by atoms with Crippen LogP contribution in [0.4, 0.5) is 8.78 Å². The van der Waals surface area contributed by atoms with Crippen molar-refractivity contribution in [2.75, 3.05) is 26.2 Å². The quantitative estimate of drug-likeness (QED) is 0.872. The molecule has 1 aliphatic rings. The molecule has 1 aromatic heterocycles. The minimum Gasteiger partial charge on any atom is -0.348 e. The van der Waals surface area contributed by atoms with Crippen molar-refractivity contribution >= 4 is 22.7 Å². The molecule has 0 atom stereocenters. The van der Waals surface area contributed by atoms with Crippen molar-refractivity contribution in [2.45, 2.75) is 6.92 Å². The van der Waals surface area contributed by atoms with Gasteiger partial charge >= 0.3 is 0 Å². The van der Waals surface area contributed by atoms with Crippen LogP contribution in [0.1, 0.15) is 17.4 Å². The maximum Gasteiger partial charge on any atom is 0.270 e. The number of carbonyl (C=O) groups is 2. The van der Waals surface area contributed by atoms with E-state index in [1.165, 1.54) is 19.1 Å². The SMILES string of the molecule is CC(=O)N1CCN(C(=O)c2cc3cc(F)cc(F)c3[nH]2)CC1. The molecule has 116 valence electrons. The summed E-state index contributed by atoms with van der Waals surface area (Å²) in [6.45, 7) is 3.29. The van der Waals surface area contributed by atoms with Gasteiger partial charge in [0.15, 0.2) is 0 Å². The second-order valence-corrected chi connectivity index (χ2v) is 5.33.